The fourth-order valence-electron chi connectivity index (χ4n) is 3.92. The molecule has 0 radical (unpaired) electrons. The zero-order valence-electron chi connectivity index (χ0n) is 14.0. The summed E-state index contributed by atoms with van der Waals surface area (Å²) in [5.41, 5.74) is 0.524. The Labute approximate surface area is 121 Å². The van der Waals surface area contributed by atoms with Crippen LogP contribution in [-0.4, -0.2) is 38.1 Å². The lowest BCUT2D eigenvalue weighted by Gasteiger charge is -2.43. The van der Waals surface area contributed by atoms with Crippen molar-refractivity contribution >= 4 is 0 Å². The van der Waals surface area contributed by atoms with Crippen molar-refractivity contribution < 1.29 is 0 Å². The van der Waals surface area contributed by atoms with Gasteiger partial charge in [0, 0.05) is 19.6 Å². The highest BCUT2D eigenvalue weighted by atomic mass is 15.1. The Hall–Kier alpha value is -0.0800. The monoisotopic (exact) mass is 268 g/mol. The molecule has 1 aliphatic carbocycles. The summed E-state index contributed by atoms with van der Waals surface area (Å²) in [6, 6.07) is 0. The largest absolute Gasteiger partial charge is 0.316 e. The quantitative estimate of drug-likeness (QED) is 0.674. The summed E-state index contributed by atoms with van der Waals surface area (Å²) in [6.45, 7) is 14.2. The predicted octanol–water partition coefficient (Wildman–Crippen LogP) is 3.77. The van der Waals surface area contributed by atoms with Crippen molar-refractivity contribution in [1.29, 1.82) is 0 Å². The summed E-state index contributed by atoms with van der Waals surface area (Å²) in [7, 11) is 2.31. The molecule has 0 spiro atoms. The zero-order valence-corrected chi connectivity index (χ0v) is 14.0. The van der Waals surface area contributed by atoms with Crippen molar-refractivity contribution in [2.75, 3.05) is 33.2 Å². The molecule has 0 aromatic carbocycles. The zero-order chi connectivity index (χ0) is 14.3. The van der Waals surface area contributed by atoms with Crippen LogP contribution in [0.2, 0.25) is 0 Å². The third-order valence-corrected chi connectivity index (χ3v) is 4.39. The molecule has 19 heavy (non-hydrogen) atoms. The lowest BCUT2D eigenvalue weighted by molar-refractivity contribution is 0.0872. The van der Waals surface area contributed by atoms with E-state index in [1.54, 1.807) is 0 Å². The van der Waals surface area contributed by atoms with Gasteiger partial charge in [-0.15, -0.1) is 0 Å². The molecule has 2 nitrogen and oxygen atoms in total. The maximum Gasteiger partial charge on any atom is 0.00473 e. The first-order valence-corrected chi connectivity index (χ1v) is 8.36. The summed E-state index contributed by atoms with van der Waals surface area (Å²) in [6.07, 6.45) is 6.92. The van der Waals surface area contributed by atoms with E-state index >= 15 is 0 Å². The van der Waals surface area contributed by atoms with Crippen molar-refractivity contribution in [1.82, 2.24) is 10.2 Å². The Morgan fingerprint density at radius 3 is 2.68 bits per heavy atom. The van der Waals surface area contributed by atoms with E-state index < -0.39 is 0 Å². The van der Waals surface area contributed by atoms with E-state index in [-0.39, 0.29) is 0 Å². The van der Waals surface area contributed by atoms with Gasteiger partial charge in [0.05, 0.1) is 0 Å². The minimum Gasteiger partial charge on any atom is -0.316 e. The summed E-state index contributed by atoms with van der Waals surface area (Å²) in [5.74, 6) is 1.68. The SMILES string of the molecule is CCCNCC1(CN(C)CC(C)C)CCCC(C)C1. The van der Waals surface area contributed by atoms with Crippen molar-refractivity contribution in [2.45, 2.75) is 59.8 Å². The maximum atomic E-state index is 3.70. The third kappa shape index (κ3) is 6.27. The average molecular weight is 268 g/mol. The Bertz CT molecular complexity index is 239. The molecule has 0 bridgehead atoms. The van der Waals surface area contributed by atoms with E-state index in [0.29, 0.717) is 5.41 Å². The van der Waals surface area contributed by atoms with E-state index in [9.17, 15) is 0 Å². The Morgan fingerprint density at radius 2 is 2.11 bits per heavy atom. The minimum absolute atomic E-state index is 0.524. The van der Waals surface area contributed by atoms with E-state index in [2.05, 4.69) is 45.0 Å². The number of nitrogens with one attached hydrogen (secondary N) is 1. The van der Waals surface area contributed by atoms with E-state index in [1.165, 1.54) is 58.3 Å². The molecule has 0 aromatic rings. The van der Waals surface area contributed by atoms with Crippen LogP contribution in [-0.2, 0) is 0 Å². The van der Waals surface area contributed by atoms with Gasteiger partial charge in [0.2, 0.25) is 0 Å². The third-order valence-electron chi connectivity index (χ3n) is 4.39. The molecule has 114 valence electrons. The first-order valence-electron chi connectivity index (χ1n) is 8.36. The summed E-state index contributed by atoms with van der Waals surface area (Å²) in [4.78, 5) is 2.57. The van der Waals surface area contributed by atoms with Crippen LogP contribution in [0.15, 0.2) is 0 Å². The van der Waals surface area contributed by atoms with E-state index in [1.807, 2.05) is 0 Å². The number of hydrogen-bond donors (Lipinski definition) is 1. The first kappa shape index (κ1) is 17.0. The molecule has 2 unspecified atom stereocenters. The molecule has 1 rings (SSSR count). The summed E-state index contributed by atoms with van der Waals surface area (Å²) >= 11 is 0. The van der Waals surface area contributed by atoms with Gasteiger partial charge in [-0.05, 0) is 50.1 Å². The van der Waals surface area contributed by atoms with Gasteiger partial charge in [-0.3, -0.25) is 0 Å². The maximum absolute atomic E-state index is 3.70. The number of nitrogens with zero attached hydrogens (tertiary/aromatic N) is 1. The topological polar surface area (TPSA) is 15.3 Å². The molecular weight excluding hydrogens is 232 g/mol. The van der Waals surface area contributed by atoms with E-state index in [0.717, 1.165) is 11.8 Å². The van der Waals surface area contributed by atoms with Crippen LogP contribution in [0.5, 0.6) is 0 Å². The molecule has 0 aliphatic heterocycles. The Balaban J connectivity index is 2.57. The van der Waals surface area contributed by atoms with Crippen LogP contribution in [0.4, 0.5) is 0 Å². The highest BCUT2D eigenvalue weighted by molar-refractivity contribution is 4.89. The molecule has 0 amide bonds. The van der Waals surface area contributed by atoms with Crippen LogP contribution >= 0.6 is 0 Å². The number of rotatable bonds is 8. The smallest absolute Gasteiger partial charge is 0.00473 e. The normalized spacial score (nSPS) is 28.3. The molecule has 1 saturated carbocycles. The van der Waals surface area contributed by atoms with Gasteiger partial charge < -0.3 is 10.2 Å². The Kier molecular flexibility index (Phi) is 7.38. The summed E-state index contributed by atoms with van der Waals surface area (Å²) < 4.78 is 0. The van der Waals surface area contributed by atoms with Crippen molar-refractivity contribution in [3.63, 3.8) is 0 Å². The first-order chi connectivity index (χ1) is 8.97. The molecule has 2 heteroatoms. The van der Waals surface area contributed by atoms with Crippen LogP contribution < -0.4 is 5.32 Å². The molecule has 1 N–H and O–H groups in total. The second kappa shape index (κ2) is 8.26. The fraction of sp³-hybridized carbons (Fsp3) is 1.00. The molecular formula is C17H36N2. The van der Waals surface area contributed by atoms with Gasteiger partial charge in [0.15, 0.2) is 0 Å². The second-order valence-electron chi connectivity index (χ2n) is 7.47. The highest BCUT2D eigenvalue weighted by Crippen LogP contribution is 2.39. The predicted molar refractivity (Wildman–Crippen MR) is 85.6 cm³/mol. The minimum atomic E-state index is 0.524. The molecule has 0 saturated heterocycles. The molecule has 1 aliphatic rings. The number of hydrogen-bond acceptors (Lipinski definition) is 2. The Morgan fingerprint density at radius 1 is 1.37 bits per heavy atom. The molecule has 1 fully saturated rings. The van der Waals surface area contributed by atoms with Crippen molar-refractivity contribution in [3.8, 4) is 0 Å². The molecule has 0 aromatic heterocycles. The van der Waals surface area contributed by atoms with Gasteiger partial charge in [0.1, 0.15) is 0 Å². The van der Waals surface area contributed by atoms with Gasteiger partial charge in [-0.1, -0.05) is 40.5 Å². The van der Waals surface area contributed by atoms with Gasteiger partial charge in [-0.2, -0.15) is 0 Å². The van der Waals surface area contributed by atoms with E-state index in [4.69, 9.17) is 0 Å². The average Bonchev–Trinajstić information content (AvgIpc) is 2.27. The fourth-order valence-corrected chi connectivity index (χ4v) is 3.92. The van der Waals surface area contributed by atoms with Gasteiger partial charge >= 0.3 is 0 Å². The van der Waals surface area contributed by atoms with Crippen LogP contribution in [0.3, 0.4) is 0 Å². The summed E-state index contributed by atoms with van der Waals surface area (Å²) in [5, 5.41) is 3.70. The lowest BCUT2D eigenvalue weighted by atomic mass is 9.69. The van der Waals surface area contributed by atoms with Crippen LogP contribution in [0.25, 0.3) is 0 Å². The molecule has 0 heterocycles. The van der Waals surface area contributed by atoms with Crippen LogP contribution in [0, 0.1) is 17.3 Å². The van der Waals surface area contributed by atoms with Crippen LogP contribution in [0.1, 0.15) is 59.8 Å². The van der Waals surface area contributed by atoms with Gasteiger partial charge in [-0.25, -0.2) is 0 Å². The van der Waals surface area contributed by atoms with Crippen molar-refractivity contribution in [2.24, 2.45) is 17.3 Å². The molecule has 2 atom stereocenters. The van der Waals surface area contributed by atoms with Crippen molar-refractivity contribution in [3.05, 3.63) is 0 Å². The second-order valence-corrected chi connectivity index (χ2v) is 7.47. The lowest BCUT2D eigenvalue weighted by Crippen LogP contribution is -2.46. The van der Waals surface area contributed by atoms with Gasteiger partial charge in [0.25, 0.3) is 0 Å². The highest BCUT2D eigenvalue weighted by Gasteiger charge is 2.35. The standard InChI is InChI=1S/C17H36N2/c1-6-10-18-13-17(9-7-8-16(4)11-17)14-19(5)12-15(2)3/h15-16,18H,6-14H2,1-5H3.